The fourth-order valence-electron chi connectivity index (χ4n) is 1.08. The van der Waals surface area contributed by atoms with Crippen molar-refractivity contribution in [3.63, 3.8) is 0 Å². The number of nitriles is 1. The number of hydrogen-bond donors (Lipinski definition) is 2. The van der Waals surface area contributed by atoms with Crippen LogP contribution < -0.4 is 11.5 Å². The Labute approximate surface area is 87.0 Å². The molecule has 1 amide bonds. The topological polar surface area (TPSA) is 106 Å². The van der Waals surface area contributed by atoms with E-state index in [4.69, 9.17) is 21.1 Å². The number of primary amides is 1. The fourth-order valence-corrected chi connectivity index (χ4v) is 1.08. The molecule has 0 aliphatic carbocycles. The van der Waals surface area contributed by atoms with Gasteiger partial charge in [-0.15, -0.1) is 0 Å². The summed E-state index contributed by atoms with van der Waals surface area (Å²) in [5, 5.41) is 8.82. The quantitative estimate of drug-likeness (QED) is 0.693. The Morgan fingerprint density at radius 3 is 2.93 bits per heavy atom. The molecule has 0 spiro atoms. The molecule has 0 aliphatic rings. The van der Waals surface area contributed by atoms with Crippen molar-refractivity contribution < 1.29 is 9.21 Å². The number of carbonyl (C=O) groups is 1. The summed E-state index contributed by atoms with van der Waals surface area (Å²) in [5.41, 5.74) is 10.9. The lowest BCUT2D eigenvalue weighted by atomic mass is 10.1. The van der Waals surface area contributed by atoms with Gasteiger partial charge in [0, 0.05) is 12.5 Å². The Balaban J connectivity index is 2.80. The Hall–Kier alpha value is -2.06. The van der Waals surface area contributed by atoms with E-state index in [1.807, 2.05) is 6.07 Å². The number of nitrogens with two attached hydrogens (primary N) is 2. The molecule has 1 heterocycles. The monoisotopic (exact) mass is 205 g/mol. The highest BCUT2D eigenvalue weighted by atomic mass is 16.3. The molecule has 0 fully saturated rings. The van der Waals surface area contributed by atoms with Crippen LogP contribution in [0.4, 0.5) is 0 Å². The van der Waals surface area contributed by atoms with E-state index in [-0.39, 0.29) is 12.0 Å². The van der Waals surface area contributed by atoms with Crippen molar-refractivity contribution >= 4 is 12.0 Å². The largest absolute Gasteiger partial charge is 0.465 e. The van der Waals surface area contributed by atoms with Crippen LogP contribution in [0.2, 0.25) is 0 Å². The van der Waals surface area contributed by atoms with E-state index in [1.54, 1.807) is 12.1 Å². The van der Waals surface area contributed by atoms with E-state index in [9.17, 15) is 4.79 Å². The minimum Gasteiger partial charge on any atom is -0.465 e. The summed E-state index contributed by atoms with van der Waals surface area (Å²) >= 11 is 0. The zero-order chi connectivity index (χ0) is 11.3. The second-order valence-electron chi connectivity index (χ2n) is 3.00. The van der Waals surface area contributed by atoms with Crippen molar-refractivity contribution in [3.05, 3.63) is 29.7 Å². The third kappa shape index (κ3) is 3.29. The van der Waals surface area contributed by atoms with Crippen LogP contribution in [-0.4, -0.2) is 11.9 Å². The maximum absolute atomic E-state index is 10.6. The zero-order valence-electron chi connectivity index (χ0n) is 8.01. The van der Waals surface area contributed by atoms with E-state index in [2.05, 4.69) is 0 Å². The van der Waals surface area contributed by atoms with Crippen LogP contribution in [0.3, 0.4) is 0 Å². The van der Waals surface area contributed by atoms with Gasteiger partial charge in [0.25, 0.3) is 0 Å². The molecule has 0 aliphatic heterocycles. The molecular formula is C10H11N3O2. The fraction of sp³-hybridized carbons (Fsp3) is 0.200. The first-order valence-corrected chi connectivity index (χ1v) is 4.32. The number of furan rings is 1. The molecule has 78 valence electrons. The molecule has 1 atom stereocenters. The molecule has 5 nitrogen and oxygen atoms in total. The molecule has 15 heavy (non-hydrogen) atoms. The summed E-state index contributed by atoms with van der Waals surface area (Å²) in [7, 11) is 0. The van der Waals surface area contributed by atoms with Gasteiger partial charge in [-0.05, 0) is 18.2 Å². The van der Waals surface area contributed by atoms with Crippen LogP contribution in [0.25, 0.3) is 6.08 Å². The standard InChI is InChI=1S/C10H11N3O2/c11-6-7(9(12)5-10(13)14)4-8-2-1-3-15-8/h1-4,9H,5,12H2,(H2,13,14)/b7-4-. The molecule has 0 saturated carbocycles. The highest BCUT2D eigenvalue weighted by Gasteiger charge is 2.12. The number of amides is 1. The molecule has 1 unspecified atom stereocenters. The van der Waals surface area contributed by atoms with Gasteiger partial charge >= 0.3 is 0 Å². The summed E-state index contributed by atoms with van der Waals surface area (Å²) < 4.78 is 5.02. The maximum Gasteiger partial charge on any atom is 0.219 e. The van der Waals surface area contributed by atoms with Gasteiger partial charge in [0.15, 0.2) is 0 Å². The van der Waals surface area contributed by atoms with Crippen LogP contribution in [0.1, 0.15) is 12.2 Å². The third-order valence-electron chi connectivity index (χ3n) is 1.79. The van der Waals surface area contributed by atoms with Crippen molar-refractivity contribution in [2.45, 2.75) is 12.5 Å². The molecule has 0 aromatic carbocycles. The number of rotatable bonds is 4. The lowest BCUT2D eigenvalue weighted by Gasteiger charge is -2.06. The molecule has 1 rings (SSSR count). The molecular weight excluding hydrogens is 194 g/mol. The smallest absolute Gasteiger partial charge is 0.219 e. The highest BCUT2D eigenvalue weighted by molar-refractivity contribution is 5.75. The van der Waals surface area contributed by atoms with Gasteiger partial charge in [-0.2, -0.15) is 5.26 Å². The zero-order valence-corrected chi connectivity index (χ0v) is 8.01. The van der Waals surface area contributed by atoms with Crippen LogP contribution in [0.15, 0.2) is 28.4 Å². The minimum absolute atomic E-state index is 0.0555. The first kappa shape index (κ1) is 11.0. The molecule has 1 aromatic rings. The van der Waals surface area contributed by atoms with E-state index >= 15 is 0 Å². The van der Waals surface area contributed by atoms with Gasteiger partial charge in [-0.3, -0.25) is 4.79 Å². The van der Waals surface area contributed by atoms with Crippen molar-refractivity contribution in [2.75, 3.05) is 0 Å². The maximum atomic E-state index is 10.6. The van der Waals surface area contributed by atoms with Gasteiger partial charge in [0.1, 0.15) is 5.76 Å². The molecule has 5 heteroatoms. The van der Waals surface area contributed by atoms with E-state index in [0.717, 1.165) is 0 Å². The highest BCUT2D eigenvalue weighted by Crippen LogP contribution is 2.10. The molecule has 0 radical (unpaired) electrons. The Bertz CT molecular complexity index is 401. The van der Waals surface area contributed by atoms with Gasteiger partial charge in [-0.25, -0.2) is 0 Å². The molecule has 1 aromatic heterocycles. The van der Waals surface area contributed by atoms with Gasteiger partial charge in [0.2, 0.25) is 5.91 Å². The summed E-state index contributed by atoms with van der Waals surface area (Å²) in [5.74, 6) is -0.0189. The summed E-state index contributed by atoms with van der Waals surface area (Å²) in [6.45, 7) is 0. The lowest BCUT2D eigenvalue weighted by molar-refractivity contribution is -0.118. The SMILES string of the molecule is N#C/C(=C/c1ccco1)C(N)CC(N)=O. The summed E-state index contributed by atoms with van der Waals surface area (Å²) in [6.07, 6.45) is 2.92. The Kier molecular flexibility index (Phi) is 3.66. The normalized spacial score (nSPS) is 13.2. The first-order chi connectivity index (χ1) is 7.13. The van der Waals surface area contributed by atoms with Crippen molar-refractivity contribution in [3.8, 4) is 6.07 Å². The predicted octanol–water partition coefficient (Wildman–Crippen LogP) is 0.389. The summed E-state index contributed by atoms with van der Waals surface area (Å²) in [4.78, 5) is 10.6. The van der Waals surface area contributed by atoms with Crippen molar-refractivity contribution in [1.29, 1.82) is 5.26 Å². The number of carbonyl (C=O) groups excluding carboxylic acids is 1. The number of nitrogens with zero attached hydrogens (tertiary/aromatic N) is 1. The third-order valence-corrected chi connectivity index (χ3v) is 1.79. The van der Waals surface area contributed by atoms with Gasteiger partial charge < -0.3 is 15.9 Å². The second-order valence-corrected chi connectivity index (χ2v) is 3.00. The molecule has 0 bridgehead atoms. The van der Waals surface area contributed by atoms with Crippen LogP contribution in [0, 0.1) is 11.3 Å². The van der Waals surface area contributed by atoms with Crippen molar-refractivity contribution in [2.24, 2.45) is 11.5 Å². The average molecular weight is 205 g/mol. The molecule has 4 N–H and O–H groups in total. The molecule has 0 saturated heterocycles. The van der Waals surface area contributed by atoms with Crippen LogP contribution in [-0.2, 0) is 4.79 Å². The number of hydrogen-bond acceptors (Lipinski definition) is 4. The second kappa shape index (κ2) is 4.98. The van der Waals surface area contributed by atoms with Crippen LogP contribution >= 0.6 is 0 Å². The summed E-state index contributed by atoms with van der Waals surface area (Å²) in [6, 6.07) is 4.61. The lowest BCUT2D eigenvalue weighted by Crippen LogP contribution is -2.28. The van der Waals surface area contributed by atoms with Crippen molar-refractivity contribution in [1.82, 2.24) is 0 Å². The van der Waals surface area contributed by atoms with Gasteiger partial charge in [-0.1, -0.05) is 0 Å². The first-order valence-electron chi connectivity index (χ1n) is 4.32. The van der Waals surface area contributed by atoms with E-state index in [1.165, 1.54) is 12.3 Å². The minimum atomic E-state index is -0.683. The van der Waals surface area contributed by atoms with E-state index in [0.29, 0.717) is 5.76 Å². The van der Waals surface area contributed by atoms with Crippen LogP contribution in [0.5, 0.6) is 0 Å². The Morgan fingerprint density at radius 1 is 1.73 bits per heavy atom. The predicted molar refractivity (Wildman–Crippen MR) is 54.1 cm³/mol. The Morgan fingerprint density at radius 2 is 2.47 bits per heavy atom. The van der Waals surface area contributed by atoms with E-state index < -0.39 is 11.9 Å². The average Bonchev–Trinajstić information content (AvgIpc) is 2.65. The van der Waals surface area contributed by atoms with Gasteiger partial charge in [0.05, 0.1) is 17.9 Å².